The van der Waals surface area contributed by atoms with E-state index in [9.17, 15) is 4.79 Å². The Balaban J connectivity index is 1.84. The van der Waals surface area contributed by atoms with Crippen LogP contribution in [0.1, 0.15) is 33.7 Å². The number of benzene rings is 1. The first-order valence-corrected chi connectivity index (χ1v) is 8.39. The number of methoxy groups -OCH3 is 1. The number of hydrogen-bond acceptors (Lipinski definition) is 5. The minimum atomic E-state index is -0.239. The van der Waals surface area contributed by atoms with Gasteiger partial charge in [0.05, 0.1) is 29.4 Å². The SMILES string of the molecule is COc1ccc(Cl)cc1NC(=O)c1c2c(nc3onc(C)c13)CCC2. The van der Waals surface area contributed by atoms with Gasteiger partial charge in [-0.1, -0.05) is 16.8 Å². The van der Waals surface area contributed by atoms with Crippen LogP contribution in [0.15, 0.2) is 22.7 Å². The second-order valence-electron chi connectivity index (χ2n) is 6.01. The lowest BCUT2D eigenvalue weighted by Gasteiger charge is -2.13. The van der Waals surface area contributed by atoms with Gasteiger partial charge < -0.3 is 14.6 Å². The number of amides is 1. The molecule has 25 heavy (non-hydrogen) atoms. The maximum Gasteiger partial charge on any atom is 0.259 e. The van der Waals surface area contributed by atoms with Crippen LogP contribution in [0.2, 0.25) is 5.02 Å². The Labute approximate surface area is 149 Å². The summed E-state index contributed by atoms with van der Waals surface area (Å²) in [4.78, 5) is 17.6. The van der Waals surface area contributed by atoms with Gasteiger partial charge in [0.25, 0.3) is 11.6 Å². The Morgan fingerprint density at radius 1 is 1.36 bits per heavy atom. The van der Waals surface area contributed by atoms with Gasteiger partial charge >= 0.3 is 0 Å². The van der Waals surface area contributed by atoms with E-state index >= 15 is 0 Å². The molecule has 0 saturated heterocycles. The number of rotatable bonds is 3. The Kier molecular flexibility index (Phi) is 3.84. The molecule has 2 aromatic heterocycles. The topological polar surface area (TPSA) is 77.2 Å². The van der Waals surface area contributed by atoms with E-state index in [1.54, 1.807) is 25.3 Å². The van der Waals surface area contributed by atoms with Gasteiger partial charge in [-0.05, 0) is 49.9 Å². The van der Waals surface area contributed by atoms with E-state index in [1.165, 1.54) is 0 Å². The van der Waals surface area contributed by atoms with E-state index in [-0.39, 0.29) is 5.91 Å². The van der Waals surface area contributed by atoms with Crippen LogP contribution in [-0.2, 0) is 12.8 Å². The number of aryl methyl sites for hydroxylation is 2. The van der Waals surface area contributed by atoms with E-state index < -0.39 is 0 Å². The summed E-state index contributed by atoms with van der Waals surface area (Å²) in [6.45, 7) is 1.81. The van der Waals surface area contributed by atoms with Gasteiger partial charge in [0.15, 0.2) is 0 Å². The number of halogens is 1. The number of pyridine rings is 1. The monoisotopic (exact) mass is 357 g/mol. The average Bonchev–Trinajstić information content (AvgIpc) is 3.20. The highest BCUT2D eigenvalue weighted by Crippen LogP contribution is 2.34. The van der Waals surface area contributed by atoms with E-state index in [0.717, 1.165) is 30.5 Å². The number of aromatic nitrogens is 2. The molecular formula is C18H16ClN3O3. The summed E-state index contributed by atoms with van der Waals surface area (Å²) < 4.78 is 10.6. The minimum Gasteiger partial charge on any atom is -0.495 e. The molecule has 0 unspecified atom stereocenters. The molecule has 0 bridgehead atoms. The molecule has 0 aliphatic heterocycles. The summed E-state index contributed by atoms with van der Waals surface area (Å²) in [6.07, 6.45) is 2.63. The summed E-state index contributed by atoms with van der Waals surface area (Å²) in [5.74, 6) is 0.305. The van der Waals surface area contributed by atoms with Gasteiger partial charge in [-0.3, -0.25) is 4.79 Å². The Morgan fingerprint density at radius 3 is 3.00 bits per heavy atom. The van der Waals surface area contributed by atoms with E-state index in [4.69, 9.17) is 20.9 Å². The van der Waals surface area contributed by atoms with Gasteiger partial charge in [-0.25, -0.2) is 4.98 Å². The Bertz CT molecular complexity index is 997. The summed E-state index contributed by atoms with van der Waals surface area (Å²) in [7, 11) is 1.55. The third-order valence-corrected chi connectivity index (χ3v) is 4.69. The van der Waals surface area contributed by atoms with Crippen molar-refractivity contribution in [3.63, 3.8) is 0 Å². The molecule has 1 amide bonds. The second kappa shape index (κ2) is 6.04. The zero-order chi connectivity index (χ0) is 17.6. The van der Waals surface area contributed by atoms with Crippen LogP contribution in [0.4, 0.5) is 5.69 Å². The third kappa shape index (κ3) is 2.62. The summed E-state index contributed by atoms with van der Waals surface area (Å²) in [5.41, 5.74) is 4.04. The molecule has 4 rings (SSSR count). The van der Waals surface area contributed by atoms with Crippen molar-refractivity contribution in [2.24, 2.45) is 0 Å². The van der Waals surface area contributed by atoms with E-state index in [2.05, 4.69) is 15.5 Å². The fourth-order valence-corrected chi connectivity index (χ4v) is 3.50. The molecule has 0 fully saturated rings. The van der Waals surface area contributed by atoms with Crippen molar-refractivity contribution in [3.05, 3.63) is 45.7 Å². The van der Waals surface area contributed by atoms with Crippen LogP contribution in [0.3, 0.4) is 0 Å². The Hall–Kier alpha value is -2.60. The highest BCUT2D eigenvalue weighted by Gasteiger charge is 2.27. The molecule has 1 aromatic carbocycles. The third-order valence-electron chi connectivity index (χ3n) is 4.46. The van der Waals surface area contributed by atoms with E-state index in [0.29, 0.717) is 38.8 Å². The standard InChI is InChI=1S/C18H16ClN3O3/c1-9-15-16(11-4-3-5-12(11)21-18(15)25-22-9)17(23)20-13-8-10(19)6-7-14(13)24-2/h6-8H,3-5H2,1-2H3,(H,20,23). The van der Waals surface area contributed by atoms with Crippen molar-refractivity contribution in [2.45, 2.75) is 26.2 Å². The number of nitrogens with zero attached hydrogens (tertiary/aromatic N) is 2. The van der Waals surface area contributed by atoms with Crippen molar-refractivity contribution < 1.29 is 14.1 Å². The molecule has 7 heteroatoms. The molecule has 1 aliphatic rings. The maximum absolute atomic E-state index is 13.1. The lowest BCUT2D eigenvalue weighted by molar-refractivity contribution is 0.102. The van der Waals surface area contributed by atoms with Gasteiger partial charge in [0.2, 0.25) is 0 Å². The lowest BCUT2D eigenvalue weighted by atomic mass is 10.0. The maximum atomic E-state index is 13.1. The average molecular weight is 358 g/mol. The van der Waals surface area contributed by atoms with Crippen molar-refractivity contribution in [3.8, 4) is 5.75 Å². The predicted octanol–water partition coefficient (Wildman–Crippen LogP) is 3.93. The molecule has 0 saturated carbocycles. The number of hydrogen-bond donors (Lipinski definition) is 1. The first-order valence-electron chi connectivity index (χ1n) is 8.01. The lowest BCUT2D eigenvalue weighted by Crippen LogP contribution is -2.16. The van der Waals surface area contributed by atoms with Crippen LogP contribution in [-0.4, -0.2) is 23.2 Å². The largest absolute Gasteiger partial charge is 0.495 e. The van der Waals surface area contributed by atoms with Crippen molar-refractivity contribution in [1.82, 2.24) is 10.1 Å². The smallest absolute Gasteiger partial charge is 0.259 e. The molecule has 0 atom stereocenters. The zero-order valence-electron chi connectivity index (χ0n) is 13.9. The molecule has 3 aromatic rings. The normalized spacial score (nSPS) is 13.1. The molecule has 0 radical (unpaired) electrons. The van der Waals surface area contributed by atoms with E-state index in [1.807, 2.05) is 6.92 Å². The van der Waals surface area contributed by atoms with Crippen LogP contribution < -0.4 is 10.1 Å². The zero-order valence-corrected chi connectivity index (χ0v) is 14.6. The Morgan fingerprint density at radius 2 is 2.20 bits per heavy atom. The predicted molar refractivity (Wildman–Crippen MR) is 94.5 cm³/mol. The van der Waals surface area contributed by atoms with Crippen LogP contribution in [0.5, 0.6) is 5.75 Å². The van der Waals surface area contributed by atoms with Crippen LogP contribution in [0.25, 0.3) is 11.1 Å². The molecular weight excluding hydrogens is 342 g/mol. The van der Waals surface area contributed by atoms with Gasteiger partial charge in [0.1, 0.15) is 5.75 Å². The molecule has 128 valence electrons. The molecule has 0 spiro atoms. The number of carbonyl (C=O) groups is 1. The van der Waals surface area contributed by atoms with Crippen LogP contribution in [0, 0.1) is 6.92 Å². The van der Waals surface area contributed by atoms with Crippen LogP contribution >= 0.6 is 11.6 Å². The van der Waals surface area contributed by atoms with Gasteiger partial charge in [0, 0.05) is 10.7 Å². The van der Waals surface area contributed by atoms with Gasteiger partial charge in [-0.2, -0.15) is 0 Å². The number of carbonyl (C=O) groups excluding carboxylic acids is 1. The molecule has 2 heterocycles. The molecule has 6 nitrogen and oxygen atoms in total. The quantitative estimate of drug-likeness (QED) is 0.768. The summed E-state index contributed by atoms with van der Waals surface area (Å²) >= 11 is 6.06. The van der Waals surface area contributed by atoms with Gasteiger partial charge in [-0.15, -0.1) is 0 Å². The minimum absolute atomic E-state index is 0.239. The molecule has 1 N–H and O–H groups in total. The number of fused-ring (bicyclic) bond motifs is 2. The second-order valence-corrected chi connectivity index (χ2v) is 6.45. The van der Waals surface area contributed by atoms with Crippen molar-refractivity contribution in [1.29, 1.82) is 0 Å². The highest BCUT2D eigenvalue weighted by atomic mass is 35.5. The summed E-state index contributed by atoms with van der Waals surface area (Å²) in [5, 5.41) is 8.06. The summed E-state index contributed by atoms with van der Waals surface area (Å²) in [6, 6.07) is 5.09. The number of nitrogens with one attached hydrogen (secondary N) is 1. The van der Waals surface area contributed by atoms with Crippen molar-refractivity contribution >= 4 is 34.3 Å². The number of anilines is 1. The molecule has 1 aliphatic carbocycles. The van der Waals surface area contributed by atoms with Crippen molar-refractivity contribution in [2.75, 3.05) is 12.4 Å². The first kappa shape index (κ1) is 15.9. The number of ether oxygens (including phenoxy) is 1. The fraction of sp³-hybridized carbons (Fsp3) is 0.278. The first-order chi connectivity index (χ1) is 12.1. The highest BCUT2D eigenvalue weighted by molar-refractivity contribution is 6.31. The fourth-order valence-electron chi connectivity index (χ4n) is 3.33.